The first-order valence-corrected chi connectivity index (χ1v) is 12.2. The number of nitrogens with two attached hydrogens (primary N) is 2. The summed E-state index contributed by atoms with van der Waals surface area (Å²) in [6, 6.07) is 11.6. The van der Waals surface area contributed by atoms with E-state index < -0.39 is 5.41 Å². The lowest BCUT2D eigenvalue weighted by Gasteiger charge is -2.38. The lowest BCUT2D eigenvalue weighted by atomic mass is 9.67. The molecule has 0 aromatic heterocycles. The monoisotopic (exact) mass is 477 g/mol. The number of nitrogens with zero attached hydrogens (tertiary/aromatic N) is 3. The SMILES string of the molecule is CC(C)N=C(N)C1(C[C@@H](C)N)c2ccc(C(=O)N(C)C)cc2CCc2cc(C(=O)N(C)C)ccc21. The first-order valence-electron chi connectivity index (χ1n) is 12.2. The van der Waals surface area contributed by atoms with Crippen molar-refractivity contribution in [1.82, 2.24) is 9.80 Å². The standard InChI is InChI=1S/C28H39N5O2/c1-17(2)31-27(30)28(16-18(3)29)23-12-10-21(25(34)32(4)5)14-19(23)8-9-20-15-22(11-13-24(20)28)26(35)33(6)7/h10-15,17-18H,8-9,16,29H2,1-7H3,(H2,30,31)/t18-/m1/s1. The molecule has 2 aromatic carbocycles. The van der Waals surface area contributed by atoms with Crippen LogP contribution in [0, 0.1) is 0 Å². The van der Waals surface area contributed by atoms with Gasteiger partial charge in [0.15, 0.2) is 0 Å². The fraction of sp³-hybridized carbons (Fsp3) is 0.464. The predicted molar refractivity (Wildman–Crippen MR) is 142 cm³/mol. The van der Waals surface area contributed by atoms with Crippen molar-refractivity contribution in [3.05, 3.63) is 69.8 Å². The second-order valence-electron chi connectivity index (χ2n) is 10.3. The van der Waals surface area contributed by atoms with E-state index in [0.29, 0.717) is 36.2 Å². The van der Waals surface area contributed by atoms with Crippen LogP contribution in [0.4, 0.5) is 0 Å². The molecule has 4 N–H and O–H groups in total. The number of hydrogen-bond donors (Lipinski definition) is 2. The number of aryl methyl sites for hydroxylation is 2. The maximum atomic E-state index is 12.8. The number of carbonyl (C=O) groups excluding carboxylic acids is 2. The Balaban J connectivity index is 2.37. The Morgan fingerprint density at radius 2 is 1.31 bits per heavy atom. The Morgan fingerprint density at radius 3 is 1.66 bits per heavy atom. The minimum Gasteiger partial charge on any atom is -0.386 e. The lowest BCUT2D eigenvalue weighted by molar-refractivity contribution is 0.0820. The number of amidine groups is 1. The highest BCUT2D eigenvalue weighted by molar-refractivity contribution is 5.99. The highest BCUT2D eigenvalue weighted by Gasteiger charge is 2.44. The van der Waals surface area contributed by atoms with E-state index in [1.165, 1.54) is 0 Å². The zero-order valence-electron chi connectivity index (χ0n) is 22.1. The number of carbonyl (C=O) groups is 2. The average Bonchev–Trinajstić information content (AvgIpc) is 2.91. The second-order valence-corrected chi connectivity index (χ2v) is 10.3. The Labute approximate surface area is 209 Å². The minimum atomic E-state index is -0.765. The molecule has 0 saturated carbocycles. The molecule has 0 radical (unpaired) electrons. The van der Waals surface area contributed by atoms with Crippen LogP contribution in [0.15, 0.2) is 41.4 Å². The van der Waals surface area contributed by atoms with Crippen LogP contribution in [0.5, 0.6) is 0 Å². The van der Waals surface area contributed by atoms with Gasteiger partial charge in [-0.1, -0.05) is 12.1 Å². The third-order valence-electron chi connectivity index (χ3n) is 6.56. The van der Waals surface area contributed by atoms with Gasteiger partial charge in [0.1, 0.15) is 5.84 Å². The molecule has 0 aliphatic heterocycles. The van der Waals surface area contributed by atoms with E-state index in [9.17, 15) is 9.59 Å². The van der Waals surface area contributed by atoms with Gasteiger partial charge >= 0.3 is 0 Å². The molecular weight excluding hydrogens is 438 g/mol. The molecule has 3 rings (SSSR count). The highest BCUT2D eigenvalue weighted by Crippen LogP contribution is 2.44. The van der Waals surface area contributed by atoms with Crippen LogP contribution in [0.2, 0.25) is 0 Å². The van der Waals surface area contributed by atoms with E-state index in [2.05, 4.69) is 0 Å². The van der Waals surface area contributed by atoms with E-state index in [0.717, 1.165) is 22.3 Å². The number of hydrogen-bond acceptors (Lipinski definition) is 4. The van der Waals surface area contributed by atoms with Crippen LogP contribution >= 0.6 is 0 Å². The largest absolute Gasteiger partial charge is 0.386 e. The molecule has 0 saturated heterocycles. The van der Waals surface area contributed by atoms with Crippen LogP contribution in [-0.2, 0) is 18.3 Å². The van der Waals surface area contributed by atoms with Gasteiger partial charge in [0, 0.05) is 51.4 Å². The van der Waals surface area contributed by atoms with Gasteiger partial charge in [-0.3, -0.25) is 14.6 Å². The number of rotatable bonds is 6. The Morgan fingerprint density at radius 1 is 0.886 bits per heavy atom. The number of benzene rings is 2. The quantitative estimate of drug-likeness (QED) is 0.493. The third kappa shape index (κ3) is 5.10. The van der Waals surface area contributed by atoms with E-state index >= 15 is 0 Å². The van der Waals surface area contributed by atoms with Crippen molar-refractivity contribution in [2.75, 3.05) is 28.2 Å². The summed E-state index contributed by atoms with van der Waals surface area (Å²) in [7, 11) is 7.00. The van der Waals surface area contributed by atoms with Crippen LogP contribution < -0.4 is 11.5 Å². The molecule has 2 amide bonds. The molecule has 0 bridgehead atoms. The summed E-state index contributed by atoms with van der Waals surface area (Å²) in [5.41, 5.74) is 18.0. The van der Waals surface area contributed by atoms with Crippen molar-refractivity contribution >= 4 is 17.6 Å². The number of fused-ring (bicyclic) bond motifs is 2. The van der Waals surface area contributed by atoms with Crippen molar-refractivity contribution in [1.29, 1.82) is 0 Å². The van der Waals surface area contributed by atoms with Crippen molar-refractivity contribution in [3.63, 3.8) is 0 Å². The molecule has 0 unspecified atom stereocenters. The third-order valence-corrected chi connectivity index (χ3v) is 6.56. The van der Waals surface area contributed by atoms with Gasteiger partial charge in [0.2, 0.25) is 0 Å². The van der Waals surface area contributed by atoms with Crippen LogP contribution in [0.25, 0.3) is 0 Å². The molecule has 1 atom stereocenters. The Kier molecular flexibility index (Phi) is 7.70. The molecule has 7 heteroatoms. The fourth-order valence-corrected chi connectivity index (χ4v) is 5.10. The number of aliphatic imine (C=N–C) groups is 1. The molecular formula is C28H39N5O2. The van der Waals surface area contributed by atoms with E-state index in [1.807, 2.05) is 57.2 Å². The summed E-state index contributed by atoms with van der Waals surface area (Å²) in [5.74, 6) is 0.414. The summed E-state index contributed by atoms with van der Waals surface area (Å²) >= 11 is 0. The van der Waals surface area contributed by atoms with Gasteiger partial charge in [0.25, 0.3) is 11.8 Å². The smallest absolute Gasteiger partial charge is 0.253 e. The van der Waals surface area contributed by atoms with Gasteiger partial charge < -0.3 is 21.3 Å². The van der Waals surface area contributed by atoms with Crippen molar-refractivity contribution < 1.29 is 9.59 Å². The van der Waals surface area contributed by atoms with Gasteiger partial charge in [0.05, 0.1) is 5.41 Å². The maximum absolute atomic E-state index is 12.8. The Hall–Kier alpha value is -3.19. The normalized spacial score (nSPS) is 15.6. The van der Waals surface area contributed by atoms with E-state index in [1.54, 1.807) is 38.0 Å². The van der Waals surface area contributed by atoms with E-state index in [-0.39, 0.29) is 23.9 Å². The van der Waals surface area contributed by atoms with Crippen molar-refractivity contribution in [2.45, 2.75) is 57.5 Å². The van der Waals surface area contributed by atoms with Gasteiger partial charge in [-0.2, -0.15) is 0 Å². The summed E-state index contributed by atoms with van der Waals surface area (Å²) in [6.45, 7) is 5.98. The molecule has 7 nitrogen and oxygen atoms in total. The van der Waals surface area contributed by atoms with E-state index in [4.69, 9.17) is 16.5 Å². The summed E-state index contributed by atoms with van der Waals surface area (Å²) in [5, 5.41) is 0. The van der Waals surface area contributed by atoms with Crippen molar-refractivity contribution in [2.24, 2.45) is 16.5 Å². The van der Waals surface area contributed by atoms with Crippen molar-refractivity contribution in [3.8, 4) is 0 Å². The molecule has 1 aliphatic rings. The van der Waals surface area contributed by atoms with Gasteiger partial charge in [-0.15, -0.1) is 0 Å². The average molecular weight is 478 g/mol. The molecule has 0 spiro atoms. The fourth-order valence-electron chi connectivity index (χ4n) is 5.10. The molecule has 188 valence electrons. The summed E-state index contributed by atoms with van der Waals surface area (Å²) in [4.78, 5) is 33.5. The summed E-state index contributed by atoms with van der Waals surface area (Å²) in [6.07, 6.45) is 1.98. The zero-order valence-corrected chi connectivity index (χ0v) is 22.1. The Bertz CT molecular complexity index is 1080. The highest BCUT2D eigenvalue weighted by atomic mass is 16.2. The molecule has 1 aliphatic carbocycles. The molecule has 35 heavy (non-hydrogen) atoms. The molecule has 2 aromatic rings. The van der Waals surface area contributed by atoms with Crippen LogP contribution in [0.1, 0.15) is 70.2 Å². The first-order chi connectivity index (χ1) is 16.4. The molecule has 0 heterocycles. The zero-order chi connectivity index (χ0) is 26.1. The minimum absolute atomic E-state index is 0.000655. The predicted octanol–water partition coefficient (Wildman–Crippen LogP) is 2.98. The first kappa shape index (κ1) is 26.4. The van der Waals surface area contributed by atoms with Gasteiger partial charge in [-0.25, -0.2) is 0 Å². The molecule has 0 fully saturated rings. The topological polar surface area (TPSA) is 105 Å². The van der Waals surface area contributed by atoms with Crippen LogP contribution in [0.3, 0.4) is 0 Å². The lowest BCUT2D eigenvalue weighted by Crippen LogP contribution is -2.47. The second kappa shape index (κ2) is 10.2. The summed E-state index contributed by atoms with van der Waals surface area (Å²) < 4.78 is 0. The van der Waals surface area contributed by atoms with Gasteiger partial charge in [-0.05, 0) is 86.6 Å². The van der Waals surface area contributed by atoms with Crippen LogP contribution in [-0.4, -0.2) is 67.7 Å². The number of amides is 2. The maximum Gasteiger partial charge on any atom is 0.253 e.